The Morgan fingerprint density at radius 1 is 1.21 bits per heavy atom. The van der Waals surface area contributed by atoms with Crippen LogP contribution >= 0.6 is 15.9 Å². The summed E-state index contributed by atoms with van der Waals surface area (Å²) in [5.74, 6) is 0.897. The van der Waals surface area contributed by atoms with Crippen molar-refractivity contribution in [2.24, 2.45) is 5.92 Å². The summed E-state index contributed by atoms with van der Waals surface area (Å²) in [6.07, 6.45) is 9.49. The van der Waals surface area contributed by atoms with Gasteiger partial charge in [-0.1, -0.05) is 48.2 Å². The monoisotopic (exact) mass is 321 g/mol. The summed E-state index contributed by atoms with van der Waals surface area (Å²) in [6, 6.07) is 8.15. The summed E-state index contributed by atoms with van der Waals surface area (Å²) >= 11 is 3.58. The zero-order valence-electron chi connectivity index (χ0n) is 11.8. The summed E-state index contributed by atoms with van der Waals surface area (Å²) < 4.78 is 1.22. The SMILES string of the molecule is CCC1CCCCC1NC1CCc2cc(Br)ccc21. The minimum Gasteiger partial charge on any atom is -0.307 e. The maximum Gasteiger partial charge on any atom is 0.0328 e. The van der Waals surface area contributed by atoms with Gasteiger partial charge in [0.1, 0.15) is 0 Å². The molecule has 1 N–H and O–H groups in total. The van der Waals surface area contributed by atoms with Gasteiger partial charge in [-0.05, 0) is 54.9 Å². The molecule has 0 saturated heterocycles. The van der Waals surface area contributed by atoms with E-state index >= 15 is 0 Å². The van der Waals surface area contributed by atoms with Gasteiger partial charge in [0.05, 0.1) is 0 Å². The van der Waals surface area contributed by atoms with E-state index in [9.17, 15) is 0 Å². The first kappa shape index (κ1) is 13.6. The molecule has 2 aliphatic carbocycles. The average molecular weight is 322 g/mol. The lowest BCUT2D eigenvalue weighted by atomic mass is 9.82. The molecular weight excluding hydrogens is 298 g/mol. The predicted octanol–water partition coefficient (Wildman–Crippen LogP) is 4.99. The molecule has 1 saturated carbocycles. The molecule has 3 unspecified atom stereocenters. The number of fused-ring (bicyclic) bond motifs is 1. The minimum atomic E-state index is 0.597. The molecule has 0 bridgehead atoms. The highest BCUT2D eigenvalue weighted by atomic mass is 79.9. The van der Waals surface area contributed by atoms with E-state index in [2.05, 4.69) is 46.4 Å². The highest BCUT2D eigenvalue weighted by Gasteiger charge is 2.29. The van der Waals surface area contributed by atoms with E-state index in [1.54, 1.807) is 5.56 Å². The van der Waals surface area contributed by atoms with Crippen LogP contribution in [0, 0.1) is 5.92 Å². The molecule has 0 amide bonds. The third kappa shape index (κ3) is 2.90. The third-order valence-corrected chi connectivity index (χ3v) is 5.52. The van der Waals surface area contributed by atoms with Crippen molar-refractivity contribution in [1.29, 1.82) is 0 Å². The van der Waals surface area contributed by atoms with Gasteiger partial charge in [0.15, 0.2) is 0 Å². The fourth-order valence-corrected chi connectivity index (χ4v) is 4.34. The number of nitrogens with one attached hydrogen (secondary N) is 1. The molecule has 2 heteroatoms. The summed E-state index contributed by atoms with van der Waals surface area (Å²) in [5.41, 5.74) is 3.08. The molecule has 0 heterocycles. The molecule has 0 spiro atoms. The molecule has 3 atom stereocenters. The lowest BCUT2D eigenvalue weighted by molar-refractivity contribution is 0.236. The van der Waals surface area contributed by atoms with Crippen molar-refractivity contribution in [3.05, 3.63) is 33.8 Å². The van der Waals surface area contributed by atoms with Crippen LogP contribution in [0.4, 0.5) is 0 Å². The van der Waals surface area contributed by atoms with Crippen molar-refractivity contribution in [3.8, 4) is 0 Å². The van der Waals surface area contributed by atoms with E-state index in [-0.39, 0.29) is 0 Å². The van der Waals surface area contributed by atoms with Crippen molar-refractivity contribution < 1.29 is 0 Å². The quantitative estimate of drug-likeness (QED) is 0.826. The van der Waals surface area contributed by atoms with Crippen LogP contribution in [0.2, 0.25) is 0 Å². The second kappa shape index (κ2) is 5.97. The first-order valence-corrected chi connectivity index (χ1v) is 8.61. The van der Waals surface area contributed by atoms with Gasteiger partial charge in [-0.2, -0.15) is 0 Å². The first-order valence-electron chi connectivity index (χ1n) is 7.82. The summed E-state index contributed by atoms with van der Waals surface area (Å²) in [6.45, 7) is 2.35. The maximum atomic E-state index is 3.98. The third-order valence-electron chi connectivity index (χ3n) is 5.03. The molecule has 1 aromatic rings. The number of aryl methyl sites for hydroxylation is 1. The molecule has 104 valence electrons. The smallest absolute Gasteiger partial charge is 0.0328 e. The molecule has 1 fully saturated rings. The number of hydrogen-bond donors (Lipinski definition) is 1. The highest BCUT2D eigenvalue weighted by Crippen LogP contribution is 2.36. The van der Waals surface area contributed by atoms with Crippen molar-refractivity contribution in [2.75, 3.05) is 0 Å². The molecule has 0 radical (unpaired) electrons. The van der Waals surface area contributed by atoms with Crippen LogP contribution in [0.25, 0.3) is 0 Å². The number of halogens is 1. The molecule has 2 aliphatic rings. The first-order chi connectivity index (χ1) is 9.28. The van der Waals surface area contributed by atoms with Gasteiger partial charge in [0.25, 0.3) is 0 Å². The van der Waals surface area contributed by atoms with Gasteiger partial charge in [0, 0.05) is 16.6 Å². The van der Waals surface area contributed by atoms with E-state index in [0.717, 1.165) is 12.0 Å². The van der Waals surface area contributed by atoms with Gasteiger partial charge in [0.2, 0.25) is 0 Å². The number of hydrogen-bond acceptors (Lipinski definition) is 1. The number of benzene rings is 1. The highest BCUT2D eigenvalue weighted by molar-refractivity contribution is 9.10. The average Bonchev–Trinajstić information content (AvgIpc) is 2.82. The summed E-state index contributed by atoms with van der Waals surface area (Å²) in [4.78, 5) is 0. The lowest BCUT2D eigenvalue weighted by Crippen LogP contribution is -2.39. The Balaban J connectivity index is 1.71. The Kier molecular flexibility index (Phi) is 4.28. The Morgan fingerprint density at radius 2 is 2.05 bits per heavy atom. The zero-order chi connectivity index (χ0) is 13.2. The molecule has 0 aromatic heterocycles. The van der Waals surface area contributed by atoms with Gasteiger partial charge in [-0.3, -0.25) is 0 Å². The van der Waals surface area contributed by atoms with E-state index in [4.69, 9.17) is 0 Å². The molecule has 19 heavy (non-hydrogen) atoms. The van der Waals surface area contributed by atoms with Gasteiger partial charge in [-0.15, -0.1) is 0 Å². The minimum absolute atomic E-state index is 0.597. The fourth-order valence-electron chi connectivity index (χ4n) is 3.93. The van der Waals surface area contributed by atoms with Crippen LogP contribution in [0.3, 0.4) is 0 Å². The summed E-state index contributed by atoms with van der Waals surface area (Å²) in [5, 5.41) is 3.98. The molecule has 1 nitrogen and oxygen atoms in total. The Hall–Kier alpha value is -0.340. The van der Waals surface area contributed by atoms with Crippen molar-refractivity contribution in [3.63, 3.8) is 0 Å². The molecule has 1 aromatic carbocycles. The van der Waals surface area contributed by atoms with Gasteiger partial charge in [-0.25, -0.2) is 0 Å². The van der Waals surface area contributed by atoms with Crippen LogP contribution in [0.15, 0.2) is 22.7 Å². The van der Waals surface area contributed by atoms with Crippen molar-refractivity contribution in [1.82, 2.24) is 5.32 Å². The topological polar surface area (TPSA) is 12.0 Å². The zero-order valence-corrected chi connectivity index (χ0v) is 13.4. The van der Waals surface area contributed by atoms with Crippen LogP contribution in [-0.4, -0.2) is 6.04 Å². The molecular formula is C17H24BrN. The van der Waals surface area contributed by atoms with Crippen molar-refractivity contribution >= 4 is 15.9 Å². The van der Waals surface area contributed by atoms with Crippen LogP contribution in [-0.2, 0) is 6.42 Å². The normalized spacial score (nSPS) is 30.3. The largest absolute Gasteiger partial charge is 0.307 e. The Labute approximate surface area is 125 Å². The van der Waals surface area contributed by atoms with E-state index in [1.165, 1.54) is 55.0 Å². The van der Waals surface area contributed by atoms with Gasteiger partial charge < -0.3 is 5.32 Å². The molecule has 3 rings (SSSR count). The molecule has 0 aliphatic heterocycles. The standard InChI is InChI=1S/C17H24BrN/c1-2-12-5-3-4-6-16(12)19-17-10-7-13-11-14(18)8-9-15(13)17/h8-9,11-12,16-17,19H,2-7,10H2,1H3. The maximum absolute atomic E-state index is 3.98. The lowest BCUT2D eigenvalue weighted by Gasteiger charge is -2.34. The fraction of sp³-hybridized carbons (Fsp3) is 0.647. The van der Waals surface area contributed by atoms with E-state index < -0.39 is 0 Å². The van der Waals surface area contributed by atoms with E-state index in [0.29, 0.717) is 6.04 Å². The Bertz CT molecular complexity index is 443. The predicted molar refractivity (Wildman–Crippen MR) is 84.4 cm³/mol. The van der Waals surface area contributed by atoms with Crippen LogP contribution < -0.4 is 5.32 Å². The van der Waals surface area contributed by atoms with Crippen LogP contribution in [0.1, 0.15) is 62.6 Å². The Morgan fingerprint density at radius 3 is 2.89 bits per heavy atom. The second-order valence-electron chi connectivity index (χ2n) is 6.16. The summed E-state index contributed by atoms with van der Waals surface area (Å²) in [7, 11) is 0. The second-order valence-corrected chi connectivity index (χ2v) is 7.08. The van der Waals surface area contributed by atoms with Gasteiger partial charge >= 0.3 is 0 Å². The van der Waals surface area contributed by atoms with Crippen LogP contribution in [0.5, 0.6) is 0 Å². The van der Waals surface area contributed by atoms with Crippen molar-refractivity contribution in [2.45, 2.75) is 64.0 Å². The van der Waals surface area contributed by atoms with E-state index in [1.807, 2.05) is 0 Å². The number of rotatable bonds is 3.